The molecule has 0 fully saturated rings. The highest BCUT2D eigenvalue weighted by atomic mass is 32.2. The van der Waals surface area contributed by atoms with E-state index in [1.807, 2.05) is 0 Å². The fraction of sp³-hybridized carbons (Fsp3) is 0.0625. The third kappa shape index (κ3) is 5.23. The lowest BCUT2D eigenvalue weighted by Crippen LogP contribution is -2.13. The van der Waals surface area contributed by atoms with E-state index in [2.05, 4.69) is 20.8 Å². The Kier molecular flexibility index (Phi) is 5.56. The molecule has 3 aromatic rings. The first kappa shape index (κ1) is 17.3. The minimum absolute atomic E-state index is 0.116. The van der Waals surface area contributed by atoms with Crippen molar-refractivity contribution in [1.82, 2.24) is 10.2 Å². The second-order valence-corrected chi connectivity index (χ2v) is 7.06. The molecule has 5 nitrogen and oxygen atoms in total. The standard InChI is InChI=1S/C16H12F2N4OS2/c17-10-3-1-5-12(7-10)19-14(23)9-24-16-22-21-15(25-16)20-13-6-2-4-11(18)8-13/h1-8H,9H2,(H,19,23)(H,20,21). The van der Waals surface area contributed by atoms with Crippen molar-refractivity contribution in [1.29, 1.82) is 0 Å². The lowest BCUT2D eigenvalue weighted by Gasteiger charge is -2.03. The molecule has 25 heavy (non-hydrogen) atoms. The molecule has 0 atom stereocenters. The van der Waals surface area contributed by atoms with Crippen molar-refractivity contribution >= 4 is 45.5 Å². The zero-order valence-electron chi connectivity index (χ0n) is 12.7. The van der Waals surface area contributed by atoms with Crippen molar-refractivity contribution < 1.29 is 13.6 Å². The van der Waals surface area contributed by atoms with Gasteiger partial charge in [0.1, 0.15) is 11.6 Å². The van der Waals surface area contributed by atoms with Crippen LogP contribution in [0.3, 0.4) is 0 Å². The molecule has 0 radical (unpaired) electrons. The fourth-order valence-corrected chi connectivity index (χ4v) is 3.47. The van der Waals surface area contributed by atoms with Crippen molar-refractivity contribution in [3.63, 3.8) is 0 Å². The molecule has 2 aromatic carbocycles. The number of nitrogens with zero attached hydrogens (tertiary/aromatic N) is 2. The second kappa shape index (κ2) is 8.04. The van der Waals surface area contributed by atoms with Gasteiger partial charge in [-0.1, -0.05) is 35.2 Å². The summed E-state index contributed by atoms with van der Waals surface area (Å²) in [7, 11) is 0. The monoisotopic (exact) mass is 378 g/mol. The average Bonchev–Trinajstić information content (AvgIpc) is 3.00. The van der Waals surface area contributed by atoms with Crippen molar-refractivity contribution in [3.05, 3.63) is 60.2 Å². The van der Waals surface area contributed by atoms with E-state index in [9.17, 15) is 13.6 Å². The van der Waals surface area contributed by atoms with Crippen LogP contribution < -0.4 is 10.6 Å². The van der Waals surface area contributed by atoms with Gasteiger partial charge in [0.15, 0.2) is 4.34 Å². The van der Waals surface area contributed by atoms with Gasteiger partial charge < -0.3 is 10.6 Å². The van der Waals surface area contributed by atoms with Gasteiger partial charge in [0, 0.05) is 11.4 Å². The lowest BCUT2D eigenvalue weighted by molar-refractivity contribution is -0.113. The first-order valence-corrected chi connectivity index (χ1v) is 8.93. The molecule has 0 spiro atoms. The molecule has 0 aliphatic carbocycles. The largest absolute Gasteiger partial charge is 0.330 e. The minimum atomic E-state index is -0.414. The summed E-state index contributed by atoms with van der Waals surface area (Å²) in [5, 5.41) is 14.0. The molecule has 2 N–H and O–H groups in total. The first-order valence-electron chi connectivity index (χ1n) is 7.13. The van der Waals surface area contributed by atoms with Gasteiger partial charge in [0.2, 0.25) is 11.0 Å². The van der Waals surface area contributed by atoms with Gasteiger partial charge in [-0.3, -0.25) is 4.79 Å². The number of aromatic nitrogens is 2. The molecule has 1 heterocycles. The smallest absolute Gasteiger partial charge is 0.234 e. The number of nitrogens with one attached hydrogen (secondary N) is 2. The highest BCUT2D eigenvalue weighted by Gasteiger charge is 2.09. The predicted molar refractivity (Wildman–Crippen MR) is 95.3 cm³/mol. The zero-order chi connectivity index (χ0) is 17.6. The topological polar surface area (TPSA) is 66.9 Å². The van der Waals surface area contributed by atoms with Crippen LogP contribution in [0, 0.1) is 11.6 Å². The van der Waals surface area contributed by atoms with Crippen LogP contribution in [0.2, 0.25) is 0 Å². The summed E-state index contributed by atoms with van der Waals surface area (Å²) >= 11 is 2.46. The van der Waals surface area contributed by atoms with Gasteiger partial charge in [-0.2, -0.15) is 0 Å². The summed E-state index contributed by atoms with van der Waals surface area (Å²) in [6.07, 6.45) is 0. The molecule has 0 bridgehead atoms. The molecule has 0 unspecified atom stereocenters. The molecular formula is C16H12F2N4OS2. The van der Waals surface area contributed by atoms with Gasteiger partial charge in [0.05, 0.1) is 5.75 Å². The Bertz CT molecular complexity index is 888. The van der Waals surface area contributed by atoms with Crippen molar-refractivity contribution in [2.24, 2.45) is 0 Å². The minimum Gasteiger partial charge on any atom is -0.330 e. The van der Waals surface area contributed by atoms with E-state index in [0.717, 1.165) is 0 Å². The number of anilines is 3. The molecule has 0 saturated carbocycles. The van der Waals surface area contributed by atoms with E-state index in [0.29, 0.717) is 20.8 Å². The van der Waals surface area contributed by atoms with Crippen LogP contribution in [-0.4, -0.2) is 21.9 Å². The Morgan fingerprint density at radius 3 is 2.44 bits per heavy atom. The second-order valence-electron chi connectivity index (χ2n) is 4.86. The Morgan fingerprint density at radius 2 is 1.72 bits per heavy atom. The maximum absolute atomic E-state index is 13.1. The maximum atomic E-state index is 13.1. The highest BCUT2D eigenvalue weighted by Crippen LogP contribution is 2.27. The van der Waals surface area contributed by atoms with E-state index in [1.165, 1.54) is 53.4 Å². The third-order valence-electron chi connectivity index (χ3n) is 2.92. The lowest BCUT2D eigenvalue weighted by atomic mass is 10.3. The number of hydrogen-bond acceptors (Lipinski definition) is 6. The highest BCUT2D eigenvalue weighted by molar-refractivity contribution is 8.01. The maximum Gasteiger partial charge on any atom is 0.234 e. The van der Waals surface area contributed by atoms with Crippen LogP contribution in [0.5, 0.6) is 0 Å². The van der Waals surface area contributed by atoms with E-state index >= 15 is 0 Å². The average molecular weight is 378 g/mol. The number of rotatable bonds is 6. The summed E-state index contributed by atoms with van der Waals surface area (Å²) in [6, 6.07) is 11.7. The van der Waals surface area contributed by atoms with E-state index in [1.54, 1.807) is 18.2 Å². The molecule has 0 aliphatic heterocycles. The fourth-order valence-electron chi connectivity index (χ4n) is 1.90. The molecule has 9 heteroatoms. The molecule has 128 valence electrons. The molecule has 1 amide bonds. The van der Waals surface area contributed by atoms with Gasteiger partial charge in [-0.15, -0.1) is 10.2 Å². The summed E-state index contributed by atoms with van der Waals surface area (Å²) in [5.41, 5.74) is 0.966. The van der Waals surface area contributed by atoms with E-state index < -0.39 is 5.82 Å². The molecule has 3 rings (SSSR count). The number of hydrogen-bond donors (Lipinski definition) is 2. The van der Waals surface area contributed by atoms with Crippen LogP contribution in [0.4, 0.5) is 25.3 Å². The molecule has 0 aliphatic rings. The van der Waals surface area contributed by atoms with Crippen molar-refractivity contribution in [2.75, 3.05) is 16.4 Å². The first-order chi connectivity index (χ1) is 12.1. The van der Waals surface area contributed by atoms with E-state index in [-0.39, 0.29) is 17.5 Å². The molecule has 1 aromatic heterocycles. The van der Waals surface area contributed by atoms with Crippen LogP contribution in [0.1, 0.15) is 0 Å². The van der Waals surface area contributed by atoms with Crippen molar-refractivity contribution in [2.45, 2.75) is 4.34 Å². The zero-order valence-corrected chi connectivity index (χ0v) is 14.3. The Balaban J connectivity index is 1.52. The Hall–Kier alpha value is -2.52. The van der Waals surface area contributed by atoms with Gasteiger partial charge in [-0.25, -0.2) is 8.78 Å². The van der Waals surface area contributed by atoms with Crippen molar-refractivity contribution in [3.8, 4) is 0 Å². The Labute approximate surface area is 150 Å². The SMILES string of the molecule is O=C(CSc1nnc(Nc2cccc(F)c2)s1)Nc1cccc(F)c1. The predicted octanol–water partition coefficient (Wildman–Crippen LogP) is 4.29. The van der Waals surface area contributed by atoms with Gasteiger partial charge >= 0.3 is 0 Å². The Morgan fingerprint density at radius 1 is 1.04 bits per heavy atom. The van der Waals surface area contributed by atoms with E-state index in [4.69, 9.17) is 0 Å². The number of carbonyl (C=O) groups excluding carboxylic acids is 1. The molecule has 0 saturated heterocycles. The van der Waals surface area contributed by atoms with Gasteiger partial charge in [-0.05, 0) is 36.4 Å². The summed E-state index contributed by atoms with van der Waals surface area (Å²) < 4.78 is 26.8. The normalized spacial score (nSPS) is 10.5. The quantitative estimate of drug-likeness (QED) is 0.627. The van der Waals surface area contributed by atoms with Crippen LogP contribution in [0.25, 0.3) is 0 Å². The third-order valence-corrected chi connectivity index (χ3v) is 4.89. The summed E-state index contributed by atoms with van der Waals surface area (Å²) in [4.78, 5) is 11.9. The summed E-state index contributed by atoms with van der Waals surface area (Å²) in [6.45, 7) is 0. The number of benzene rings is 2. The number of carbonyl (C=O) groups is 1. The number of thioether (sulfide) groups is 1. The van der Waals surface area contributed by atoms with Crippen LogP contribution in [0.15, 0.2) is 52.9 Å². The van der Waals surface area contributed by atoms with Gasteiger partial charge in [0.25, 0.3) is 0 Å². The number of halogens is 2. The van der Waals surface area contributed by atoms with Crippen LogP contribution >= 0.6 is 23.1 Å². The number of amides is 1. The molecular weight excluding hydrogens is 366 g/mol. The van der Waals surface area contributed by atoms with Crippen LogP contribution in [-0.2, 0) is 4.79 Å². The summed E-state index contributed by atoms with van der Waals surface area (Å²) in [5.74, 6) is -0.920.